The van der Waals surface area contributed by atoms with Gasteiger partial charge in [-0.2, -0.15) is 0 Å². The molecule has 0 rings (SSSR count). The van der Waals surface area contributed by atoms with Crippen molar-refractivity contribution in [3.05, 3.63) is 0 Å². The van der Waals surface area contributed by atoms with E-state index in [9.17, 15) is 9.59 Å². The maximum atomic E-state index is 10.6. The molecule has 0 saturated heterocycles. The highest BCUT2D eigenvalue weighted by Crippen LogP contribution is 2.06. The highest BCUT2D eigenvalue weighted by atomic mass is 16.2. The lowest BCUT2D eigenvalue weighted by molar-refractivity contribution is -0.123. The van der Waals surface area contributed by atoms with E-state index in [1.807, 2.05) is 0 Å². The highest BCUT2D eigenvalue weighted by Gasteiger charge is 2.25. The summed E-state index contributed by atoms with van der Waals surface area (Å²) in [6, 6.07) is 0. The lowest BCUT2D eigenvalue weighted by Gasteiger charge is -2.19. The number of carbonyl (C=O) groups is 2. The van der Waals surface area contributed by atoms with Gasteiger partial charge in [0.25, 0.3) is 5.91 Å². The van der Waals surface area contributed by atoms with Gasteiger partial charge < -0.3 is 22.9 Å². The Bertz CT molecular complexity index is 203. The summed E-state index contributed by atoms with van der Waals surface area (Å²) in [7, 11) is 0. The number of hydrogen-bond donors (Lipinski definition) is 4. The molecule has 6 heteroatoms. The molecule has 6 nitrogen and oxygen atoms in total. The molecule has 76 valence electrons. The lowest BCUT2D eigenvalue weighted by atomic mass is 10.0. The molecule has 0 bridgehead atoms. The fourth-order valence-electron chi connectivity index (χ4n) is 0.840. The Morgan fingerprint density at radius 1 is 1.08 bits per heavy atom. The zero-order chi connectivity index (χ0) is 10.5. The van der Waals surface area contributed by atoms with E-state index in [1.165, 1.54) is 0 Å². The van der Waals surface area contributed by atoms with E-state index in [-0.39, 0.29) is 18.7 Å². The fourth-order valence-corrected chi connectivity index (χ4v) is 0.840. The van der Waals surface area contributed by atoms with Crippen LogP contribution >= 0.6 is 0 Å². The van der Waals surface area contributed by atoms with Crippen LogP contribution in [0.2, 0.25) is 0 Å². The van der Waals surface area contributed by atoms with Crippen molar-refractivity contribution in [1.29, 1.82) is 0 Å². The summed E-state index contributed by atoms with van der Waals surface area (Å²) in [6.45, 7) is 0. The number of amides is 2. The van der Waals surface area contributed by atoms with Crippen molar-refractivity contribution in [3.8, 4) is 0 Å². The number of nitrogens with two attached hydrogens (primary N) is 4. The third kappa shape index (κ3) is 5.15. The first kappa shape index (κ1) is 11.9. The molecule has 0 aliphatic heterocycles. The van der Waals surface area contributed by atoms with Crippen LogP contribution in [0.1, 0.15) is 25.7 Å². The minimum absolute atomic E-state index is 0.260. The topological polar surface area (TPSA) is 138 Å². The Morgan fingerprint density at radius 3 is 2.00 bits per heavy atom. The van der Waals surface area contributed by atoms with E-state index in [2.05, 4.69) is 0 Å². The third-order valence-corrected chi connectivity index (χ3v) is 1.72. The summed E-state index contributed by atoms with van der Waals surface area (Å²) < 4.78 is 0. The number of hydrogen-bond acceptors (Lipinski definition) is 4. The second kappa shape index (κ2) is 4.78. The van der Waals surface area contributed by atoms with Crippen LogP contribution < -0.4 is 22.9 Å². The zero-order valence-corrected chi connectivity index (χ0v) is 7.45. The highest BCUT2D eigenvalue weighted by molar-refractivity contribution is 5.83. The van der Waals surface area contributed by atoms with Gasteiger partial charge in [-0.3, -0.25) is 9.59 Å². The summed E-state index contributed by atoms with van der Waals surface area (Å²) >= 11 is 0. The second-order valence-electron chi connectivity index (χ2n) is 3.08. The first-order valence-electron chi connectivity index (χ1n) is 4.02. The van der Waals surface area contributed by atoms with Crippen LogP contribution in [0, 0.1) is 0 Å². The molecule has 0 saturated carbocycles. The molecule has 13 heavy (non-hydrogen) atoms. The van der Waals surface area contributed by atoms with Crippen molar-refractivity contribution in [1.82, 2.24) is 0 Å². The summed E-state index contributed by atoms with van der Waals surface area (Å²) in [5, 5.41) is 0. The Morgan fingerprint density at radius 2 is 1.62 bits per heavy atom. The Labute approximate surface area is 76.6 Å². The van der Waals surface area contributed by atoms with Crippen molar-refractivity contribution < 1.29 is 9.59 Å². The smallest absolute Gasteiger partial charge is 0.252 e. The second-order valence-corrected chi connectivity index (χ2v) is 3.08. The molecule has 0 heterocycles. The molecule has 0 radical (unpaired) electrons. The zero-order valence-electron chi connectivity index (χ0n) is 7.45. The monoisotopic (exact) mass is 188 g/mol. The first-order valence-corrected chi connectivity index (χ1v) is 4.02. The van der Waals surface area contributed by atoms with E-state index in [1.54, 1.807) is 0 Å². The summed E-state index contributed by atoms with van der Waals surface area (Å²) in [5.41, 5.74) is 19.1. The standard InChI is InChI=1S/C7H16N4O2/c8-5(12)3-1-2-4-7(10,11)6(9)13/h1-4,10-11H2,(H2,8,12)(H2,9,13). The van der Waals surface area contributed by atoms with E-state index < -0.39 is 11.6 Å². The van der Waals surface area contributed by atoms with Gasteiger partial charge in [0.15, 0.2) is 0 Å². The molecule has 0 spiro atoms. The molecule has 0 atom stereocenters. The minimum atomic E-state index is -1.47. The Kier molecular flexibility index (Phi) is 4.36. The van der Waals surface area contributed by atoms with E-state index in [0.29, 0.717) is 12.8 Å². The van der Waals surface area contributed by atoms with Crippen LogP contribution in [0.4, 0.5) is 0 Å². The van der Waals surface area contributed by atoms with Gasteiger partial charge in [-0.25, -0.2) is 0 Å². The average Bonchev–Trinajstić information content (AvgIpc) is 1.97. The number of rotatable bonds is 6. The number of unbranched alkanes of at least 4 members (excludes halogenated alkanes) is 1. The largest absolute Gasteiger partial charge is 0.370 e. The van der Waals surface area contributed by atoms with Crippen LogP contribution in [0.15, 0.2) is 0 Å². The maximum Gasteiger partial charge on any atom is 0.252 e. The van der Waals surface area contributed by atoms with Crippen molar-refractivity contribution in [3.63, 3.8) is 0 Å². The molecule has 0 aliphatic carbocycles. The molecular weight excluding hydrogens is 172 g/mol. The first-order chi connectivity index (χ1) is 5.86. The van der Waals surface area contributed by atoms with Gasteiger partial charge in [0.2, 0.25) is 5.91 Å². The predicted molar refractivity (Wildman–Crippen MR) is 48.0 cm³/mol. The van der Waals surface area contributed by atoms with Crippen LogP contribution in [-0.2, 0) is 9.59 Å². The van der Waals surface area contributed by atoms with Crippen LogP contribution in [0.3, 0.4) is 0 Å². The fraction of sp³-hybridized carbons (Fsp3) is 0.714. The van der Waals surface area contributed by atoms with Gasteiger partial charge in [0.05, 0.1) is 0 Å². The summed E-state index contributed by atoms with van der Waals surface area (Å²) in [6.07, 6.45) is 1.65. The normalized spacial score (nSPS) is 11.2. The molecule has 0 unspecified atom stereocenters. The molecule has 0 aromatic rings. The van der Waals surface area contributed by atoms with Crippen LogP contribution in [-0.4, -0.2) is 17.5 Å². The molecule has 0 aliphatic rings. The number of carbonyl (C=O) groups excluding carboxylic acids is 2. The third-order valence-electron chi connectivity index (χ3n) is 1.72. The molecule has 0 aromatic heterocycles. The van der Waals surface area contributed by atoms with Crippen molar-refractivity contribution in [2.45, 2.75) is 31.3 Å². The van der Waals surface area contributed by atoms with Gasteiger partial charge in [-0.05, 0) is 19.3 Å². The van der Waals surface area contributed by atoms with Gasteiger partial charge in [-0.15, -0.1) is 0 Å². The molecule has 8 N–H and O–H groups in total. The number of primary amides is 2. The quantitative estimate of drug-likeness (QED) is 0.286. The maximum absolute atomic E-state index is 10.6. The minimum Gasteiger partial charge on any atom is -0.370 e. The Balaban J connectivity index is 3.64. The Hall–Kier alpha value is -1.14. The molecule has 2 amide bonds. The van der Waals surface area contributed by atoms with Crippen LogP contribution in [0.5, 0.6) is 0 Å². The van der Waals surface area contributed by atoms with Crippen LogP contribution in [0.25, 0.3) is 0 Å². The van der Waals surface area contributed by atoms with Gasteiger partial charge in [-0.1, -0.05) is 0 Å². The predicted octanol–water partition coefficient (Wildman–Crippen LogP) is -1.87. The molecule has 0 aromatic carbocycles. The average molecular weight is 188 g/mol. The van der Waals surface area contributed by atoms with Crippen molar-refractivity contribution >= 4 is 11.8 Å². The van der Waals surface area contributed by atoms with Gasteiger partial charge in [0.1, 0.15) is 5.66 Å². The van der Waals surface area contributed by atoms with E-state index in [4.69, 9.17) is 22.9 Å². The lowest BCUT2D eigenvalue weighted by Crippen LogP contribution is -2.59. The van der Waals surface area contributed by atoms with E-state index >= 15 is 0 Å². The molecule has 0 fully saturated rings. The SMILES string of the molecule is NC(=O)CCCCC(N)(N)C(N)=O. The molecular formula is C7H16N4O2. The van der Waals surface area contributed by atoms with E-state index in [0.717, 1.165) is 0 Å². The van der Waals surface area contributed by atoms with Gasteiger partial charge >= 0.3 is 0 Å². The van der Waals surface area contributed by atoms with Crippen molar-refractivity contribution in [2.24, 2.45) is 22.9 Å². The van der Waals surface area contributed by atoms with Crippen molar-refractivity contribution in [2.75, 3.05) is 0 Å². The van der Waals surface area contributed by atoms with Gasteiger partial charge in [0, 0.05) is 6.42 Å². The summed E-state index contributed by atoms with van der Waals surface area (Å²) in [4.78, 5) is 21.0. The summed E-state index contributed by atoms with van der Waals surface area (Å²) in [5.74, 6) is -1.12.